The molecule has 7 heteroatoms. The summed E-state index contributed by atoms with van der Waals surface area (Å²) in [6.07, 6.45) is 4.29. The Hall–Kier alpha value is -2.15. The molecule has 0 saturated heterocycles. The molecule has 0 aliphatic carbocycles. The Morgan fingerprint density at radius 3 is 2.95 bits per heavy atom. The van der Waals surface area contributed by atoms with Crippen molar-refractivity contribution >= 4 is 15.9 Å². The fourth-order valence-corrected chi connectivity index (χ4v) is 2.45. The van der Waals surface area contributed by atoms with Gasteiger partial charge in [-0.3, -0.25) is 4.68 Å². The fraction of sp³-hybridized carbons (Fsp3) is 0.214. The number of benzene rings is 1. The van der Waals surface area contributed by atoms with Gasteiger partial charge < -0.3 is 9.15 Å². The van der Waals surface area contributed by atoms with Crippen molar-refractivity contribution in [2.24, 2.45) is 0 Å². The molecular weight excluding hydrogens is 336 g/mol. The van der Waals surface area contributed by atoms with Gasteiger partial charge in [0.1, 0.15) is 5.75 Å². The Bertz CT molecular complexity index is 724. The first-order valence-corrected chi connectivity index (χ1v) is 7.19. The van der Waals surface area contributed by atoms with Crippen LogP contribution in [0.1, 0.15) is 5.89 Å². The van der Waals surface area contributed by atoms with E-state index in [-0.39, 0.29) is 0 Å². The van der Waals surface area contributed by atoms with Crippen LogP contribution in [0.3, 0.4) is 0 Å². The first-order valence-electron chi connectivity index (χ1n) is 6.40. The minimum Gasteiger partial charge on any atom is -0.496 e. The van der Waals surface area contributed by atoms with Gasteiger partial charge in [-0.15, -0.1) is 10.2 Å². The third kappa shape index (κ3) is 3.13. The van der Waals surface area contributed by atoms with Crippen molar-refractivity contribution in [1.29, 1.82) is 0 Å². The summed E-state index contributed by atoms with van der Waals surface area (Å²) in [5, 5.41) is 12.3. The van der Waals surface area contributed by atoms with E-state index in [0.29, 0.717) is 24.7 Å². The zero-order valence-corrected chi connectivity index (χ0v) is 12.9. The van der Waals surface area contributed by atoms with Crippen LogP contribution in [-0.2, 0) is 13.0 Å². The predicted octanol–water partition coefficient (Wildman–Crippen LogP) is 2.95. The first-order chi connectivity index (χ1) is 10.3. The normalized spacial score (nSPS) is 10.8. The van der Waals surface area contributed by atoms with E-state index in [1.807, 2.05) is 35.1 Å². The van der Waals surface area contributed by atoms with E-state index >= 15 is 0 Å². The monoisotopic (exact) mass is 348 g/mol. The lowest BCUT2D eigenvalue weighted by atomic mass is 10.2. The van der Waals surface area contributed by atoms with Gasteiger partial charge in [0.25, 0.3) is 0 Å². The summed E-state index contributed by atoms with van der Waals surface area (Å²) in [6, 6.07) is 7.51. The number of halogens is 1. The SMILES string of the molecule is COc1ccc(-c2nnc(CCn3cccn3)o2)cc1Br. The lowest BCUT2D eigenvalue weighted by Crippen LogP contribution is -2.01. The summed E-state index contributed by atoms with van der Waals surface area (Å²) < 4.78 is 13.5. The number of ether oxygens (including phenoxy) is 1. The van der Waals surface area contributed by atoms with Crippen LogP contribution in [0.5, 0.6) is 5.75 Å². The van der Waals surface area contributed by atoms with E-state index in [2.05, 4.69) is 31.2 Å². The lowest BCUT2D eigenvalue weighted by Gasteiger charge is -2.03. The largest absolute Gasteiger partial charge is 0.496 e. The number of methoxy groups -OCH3 is 1. The molecule has 0 spiro atoms. The number of rotatable bonds is 5. The Morgan fingerprint density at radius 1 is 1.33 bits per heavy atom. The summed E-state index contributed by atoms with van der Waals surface area (Å²) >= 11 is 3.44. The van der Waals surface area contributed by atoms with Gasteiger partial charge in [0.2, 0.25) is 11.8 Å². The molecule has 2 heterocycles. The third-order valence-corrected chi connectivity index (χ3v) is 3.60. The maximum atomic E-state index is 5.67. The quantitative estimate of drug-likeness (QED) is 0.709. The van der Waals surface area contributed by atoms with E-state index < -0.39 is 0 Å². The number of hydrogen-bond acceptors (Lipinski definition) is 5. The first kappa shape index (κ1) is 13.8. The molecule has 0 bridgehead atoms. The van der Waals surface area contributed by atoms with Crippen LogP contribution in [0.25, 0.3) is 11.5 Å². The minimum absolute atomic E-state index is 0.494. The standard InChI is InChI=1S/C14H13BrN4O2/c1-20-12-4-3-10(9-11(12)15)14-18-17-13(21-14)5-8-19-7-2-6-16-19/h2-4,6-7,9H,5,8H2,1H3. The Balaban J connectivity index is 1.73. The predicted molar refractivity (Wildman–Crippen MR) is 79.9 cm³/mol. The van der Waals surface area contributed by atoms with Gasteiger partial charge in [-0.2, -0.15) is 5.10 Å². The van der Waals surface area contributed by atoms with Crippen LogP contribution in [0.2, 0.25) is 0 Å². The lowest BCUT2D eigenvalue weighted by molar-refractivity contribution is 0.412. The summed E-state index contributed by atoms with van der Waals surface area (Å²) in [4.78, 5) is 0. The molecule has 0 saturated carbocycles. The van der Waals surface area contributed by atoms with Crippen molar-refractivity contribution in [3.63, 3.8) is 0 Å². The molecule has 1 aromatic carbocycles. The summed E-state index contributed by atoms with van der Waals surface area (Å²) in [5.74, 6) is 1.85. The Kier molecular flexibility index (Phi) is 4.01. The average Bonchev–Trinajstić information content (AvgIpc) is 3.16. The van der Waals surface area contributed by atoms with Gasteiger partial charge >= 0.3 is 0 Å². The molecule has 6 nitrogen and oxygen atoms in total. The van der Waals surface area contributed by atoms with Crippen molar-refractivity contribution in [3.8, 4) is 17.2 Å². The second-order valence-corrected chi connectivity index (χ2v) is 5.22. The van der Waals surface area contributed by atoms with Crippen molar-refractivity contribution in [2.45, 2.75) is 13.0 Å². The number of hydrogen-bond donors (Lipinski definition) is 0. The second-order valence-electron chi connectivity index (χ2n) is 4.37. The van der Waals surface area contributed by atoms with Crippen molar-refractivity contribution in [1.82, 2.24) is 20.0 Å². The van der Waals surface area contributed by atoms with Crippen LogP contribution in [0.15, 0.2) is 45.5 Å². The molecule has 0 N–H and O–H groups in total. The van der Waals surface area contributed by atoms with Crippen LogP contribution in [0.4, 0.5) is 0 Å². The highest BCUT2D eigenvalue weighted by Gasteiger charge is 2.11. The van der Waals surface area contributed by atoms with Crippen molar-refractivity contribution < 1.29 is 9.15 Å². The van der Waals surface area contributed by atoms with E-state index in [9.17, 15) is 0 Å². The highest BCUT2D eigenvalue weighted by Crippen LogP contribution is 2.29. The van der Waals surface area contributed by atoms with E-state index in [0.717, 1.165) is 15.8 Å². The molecule has 3 rings (SSSR count). The Labute approximate surface area is 129 Å². The highest BCUT2D eigenvalue weighted by molar-refractivity contribution is 9.10. The van der Waals surface area contributed by atoms with E-state index in [4.69, 9.17) is 9.15 Å². The average molecular weight is 349 g/mol. The molecule has 3 aromatic rings. The second kappa shape index (κ2) is 6.09. The van der Waals surface area contributed by atoms with Crippen LogP contribution in [-0.4, -0.2) is 27.1 Å². The van der Waals surface area contributed by atoms with Crippen LogP contribution >= 0.6 is 15.9 Å². The van der Waals surface area contributed by atoms with Gasteiger partial charge in [0.05, 0.1) is 11.6 Å². The molecule has 0 aliphatic heterocycles. The van der Waals surface area contributed by atoms with Crippen molar-refractivity contribution in [2.75, 3.05) is 7.11 Å². The van der Waals surface area contributed by atoms with Gasteiger partial charge in [0.15, 0.2) is 0 Å². The van der Waals surface area contributed by atoms with Gasteiger partial charge in [0, 0.05) is 30.9 Å². The summed E-state index contributed by atoms with van der Waals surface area (Å²) in [5.41, 5.74) is 0.848. The molecule has 0 atom stereocenters. The zero-order chi connectivity index (χ0) is 14.7. The molecule has 0 aliphatic rings. The van der Waals surface area contributed by atoms with Gasteiger partial charge in [-0.25, -0.2) is 0 Å². The fourth-order valence-electron chi connectivity index (χ4n) is 1.91. The Morgan fingerprint density at radius 2 is 2.24 bits per heavy atom. The molecular formula is C14H13BrN4O2. The van der Waals surface area contributed by atoms with Gasteiger partial charge in [-0.05, 0) is 40.2 Å². The smallest absolute Gasteiger partial charge is 0.247 e. The maximum Gasteiger partial charge on any atom is 0.247 e. The third-order valence-electron chi connectivity index (χ3n) is 2.98. The van der Waals surface area contributed by atoms with E-state index in [1.165, 1.54) is 0 Å². The number of nitrogens with zero attached hydrogens (tertiary/aromatic N) is 4. The molecule has 0 radical (unpaired) electrons. The minimum atomic E-state index is 0.494. The molecule has 0 fully saturated rings. The zero-order valence-electron chi connectivity index (χ0n) is 11.4. The summed E-state index contributed by atoms with van der Waals surface area (Å²) in [7, 11) is 1.62. The topological polar surface area (TPSA) is 66.0 Å². The van der Waals surface area contributed by atoms with Crippen LogP contribution < -0.4 is 4.74 Å². The van der Waals surface area contributed by atoms with Gasteiger partial charge in [-0.1, -0.05) is 0 Å². The highest BCUT2D eigenvalue weighted by atomic mass is 79.9. The molecule has 108 valence electrons. The maximum absolute atomic E-state index is 5.67. The molecule has 2 aromatic heterocycles. The summed E-state index contributed by atoms with van der Waals surface area (Å²) in [6.45, 7) is 0.709. The molecule has 0 amide bonds. The number of aryl methyl sites for hydroxylation is 2. The number of aromatic nitrogens is 4. The molecule has 0 unspecified atom stereocenters. The van der Waals surface area contributed by atoms with E-state index in [1.54, 1.807) is 13.3 Å². The van der Waals surface area contributed by atoms with Crippen LogP contribution in [0, 0.1) is 0 Å². The van der Waals surface area contributed by atoms with Crippen molar-refractivity contribution in [3.05, 3.63) is 47.0 Å². The molecule has 21 heavy (non-hydrogen) atoms.